The van der Waals surface area contributed by atoms with E-state index in [4.69, 9.17) is 0 Å². The van der Waals surface area contributed by atoms with Crippen LogP contribution in [0.5, 0.6) is 0 Å². The SMILES string of the molecule is CC1(/C=C/CNS(=O)(=O)C(F)(F)F)C(=O)N(Cc2ccccc2)c2ccccc21. The van der Waals surface area contributed by atoms with Gasteiger partial charge in [-0.25, -0.2) is 13.1 Å². The second kappa shape index (κ2) is 7.64. The van der Waals surface area contributed by atoms with E-state index in [9.17, 15) is 26.4 Å². The Labute approximate surface area is 166 Å². The third kappa shape index (κ3) is 4.06. The predicted molar refractivity (Wildman–Crippen MR) is 104 cm³/mol. The third-order valence-corrected chi connectivity index (χ3v) is 5.93. The summed E-state index contributed by atoms with van der Waals surface area (Å²) in [7, 11) is -5.44. The molecule has 9 heteroatoms. The molecular weight excluding hydrogens is 405 g/mol. The van der Waals surface area contributed by atoms with Gasteiger partial charge in [0.15, 0.2) is 0 Å². The van der Waals surface area contributed by atoms with E-state index in [1.165, 1.54) is 16.9 Å². The molecule has 0 bridgehead atoms. The maximum absolute atomic E-state index is 13.2. The van der Waals surface area contributed by atoms with Crippen LogP contribution in [0.4, 0.5) is 18.9 Å². The van der Waals surface area contributed by atoms with Crippen molar-refractivity contribution in [2.24, 2.45) is 0 Å². The number of halogens is 3. The van der Waals surface area contributed by atoms with Crippen LogP contribution in [0.1, 0.15) is 18.1 Å². The first-order chi connectivity index (χ1) is 13.6. The van der Waals surface area contributed by atoms with E-state index >= 15 is 0 Å². The van der Waals surface area contributed by atoms with Gasteiger partial charge in [0.2, 0.25) is 5.91 Å². The van der Waals surface area contributed by atoms with Gasteiger partial charge in [0.25, 0.3) is 0 Å². The van der Waals surface area contributed by atoms with Gasteiger partial charge in [-0.1, -0.05) is 60.7 Å². The molecule has 154 valence electrons. The number of carbonyl (C=O) groups excluding carboxylic acids is 1. The van der Waals surface area contributed by atoms with E-state index in [0.717, 1.165) is 5.56 Å². The zero-order valence-electron chi connectivity index (χ0n) is 15.5. The fourth-order valence-electron chi connectivity index (χ4n) is 3.27. The van der Waals surface area contributed by atoms with Crippen LogP contribution in [-0.4, -0.2) is 26.4 Å². The van der Waals surface area contributed by atoms with Gasteiger partial charge in [-0.05, 0) is 24.1 Å². The molecule has 0 fully saturated rings. The molecule has 0 aliphatic carbocycles. The molecule has 29 heavy (non-hydrogen) atoms. The summed E-state index contributed by atoms with van der Waals surface area (Å²) < 4.78 is 60.9. The molecular formula is C20H19F3N2O3S. The number of alkyl halides is 3. The van der Waals surface area contributed by atoms with Gasteiger partial charge < -0.3 is 4.90 Å². The van der Waals surface area contributed by atoms with Gasteiger partial charge in [-0.3, -0.25) is 4.79 Å². The highest BCUT2D eigenvalue weighted by atomic mass is 32.2. The highest BCUT2D eigenvalue weighted by Gasteiger charge is 2.46. The Balaban J connectivity index is 1.84. The van der Waals surface area contributed by atoms with Crippen molar-refractivity contribution in [2.45, 2.75) is 24.4 Å². The second-order valence-corrected chi connectivity index (χ2v) is 8.55. The number of hydrogen-bond acceptors (Lipinski definition) is 3. The molecule has 0 spiro atoms. The average molecular weight is 424 g/mol. The number of carbonyl (C=O) groups is 1. The molecule has 1 unspecified atom stereocenters. The van der Waals surface area contributed by atoms with E-state index in [2.05, 4.69) is 0 Å². The smallest absolute Gasteiger partial charge is 0.307 e. The Hall–Kier alpha value is -2.65. The monoisotopic (exact) mass is 424 g/mol. The number of anilines is 1. The van der Waals surface area contributed by atoms with E-state index in [1.807, 2.05) is 36.4 Å². The first-order valence-corrected chi connectivity index (χ1v) is 10.2. The summed E-state index contributed by atoms with van der Waals surface area (Å²) in [5, 5.41) is 0. The minimum absolute atomic E-state index is 0.238. The molecule has 1 atom stereocenters. The van der Waals surface area contributed by atoms with Gasteiger partial charge in [0.05, 0.1) is 12.0 Å². The van der Waals surface area contributed by atoms with Crippen LogP contribution in [0.25, 0.3) is 0 Å². The molecule has 0 aromatic heterocycles. The summed E-state index contributed by atoms with van der Waals surface area (Å²) in [4.78, 5) is 14.8. The lowest BCUT2D eigenvalue weighted by Gasteiger charge is -2.21. The number of nitrogens with zero attached hydrogens (tertiary/aromatic N) is 1. The Morgan fingerprint density at radius 1 is 1.07 bits per heavy atom. The minimum Gasteiger partial charge on any atom is -0.307 e. The van der Waals surface area contributed by atoms with E-state index < -0.39 is 27.5 Å². The maximum Gasteiger partial charge on any atom is 0.511 e. The summed E-state index contributed by atoms with van der Waals surface area (Å²) in [6.07, 6.45) is 2.67. The van der Waals surface area contributed by atoms with Gasteiger partial charge in [0, 0.05) is 12.2 Å². The number of sulfonamides is 1. The molecule has 2 aromatic rings. The lowest BCUT2D eigenvalue weighted by molar-refractivity contribution is -0.121. The van der Waals surface area contributed by atoms with Crippen molar-refractivity contribution >= 4 is 21.6 Å². The van der Waals surface area contributed by atoms with Crippen molar-refractivity contribution in [2.75, 3.05) is 11.4 Å². The molecule has 1 aliphatic rings. The Morgan fingerprint density at radius 2 is 1.69 bits per heavy atom. The maximum atomic E-state index is 13.2. The lowest BCUT2D eigenvalue weighted by Crippen LogP contribution is -2.38. The summed E-state index contributed by atoms with van der Waals surface area (Å²) in [5.41, 5.74) is -4.15. The molecule has 1 amide bonds. The van der Waals surface area contributed by atoms with Crippen LogP contribution < -0.4 is 9.62 Å². The zero-order valence-corrected chi connectivity index (χ0v) is 16.3. The Kier molecular flexibility index (Phi) is 5.55. The summed E-state index contributed by atoms with van der Waals surface area (Å²) in [6, 6.07) is 16.6. The molecule has 1 heterocycles. The van der Waals surface area contributed by atoms with Crippen LogP contribution in [0.2, 0.25) is 0 Å². The van der Waals surface area contributed by atoms with Crippen LogP contribution in [-0.2, 0) is 26.8 Å². The van der Waals surface area contributed by atoms with Crippen LogP contribution >= 0.6 is 0 Å². The first-order valence-electron chi connectivity index (χ1n) is 8.75. The molecule has 0 saturated carbocycles. The highest BCUT2D eigenvalue weighted by Crippen LogP contribution is 2.43. The largest absolute Gasteiger partial charge is 0.511 e. The second-order valence-electron chi connectivity index (χ2n) is 6.80. The Bertz CT molecular complexity index is 1040. The molecule has 2 aromatic carbocycles. The Morgan fingerprint density at radius 3 is 2.34 bits per heavy atom. The third-order valence-electron chi connectivity index (χ3n) is 4.77. The van der Waals surface area contributed by atoms with Crippen molar-refractivity contribution < 1.29 is 26.4 Å². The summed E-state index contributed by atoms with van der Waals surface area (Å²) >= 11 is 0. The lowest BCUT2D eigenvalue weighted by atomic mass is 9.83. The molecule has 1 N–H and O–H groups in total. The molecule has 5 nitrogen and oxygen atoms in total. The average Bonchev–Trinajstić information content (AvgIpc) is 2.88. The fraction of sp³-hybridized carbons (Fsp3) is 0.250. The summed E-state index contributed by atoms with van der Waals surface area (Å²) in [5.74, 6) is -0.238. The number of benzene rings is 2. The van der Waals surface area contributed by atoms with Gasteiger partial charge >= 0.3 is 15.5 Å². The van der Waals surface area contributed by atoms with Crippen LogP contribution in [0.15, 0.2) is 66.7 Å². The van der Waals surface area contributed by atoms with Crippen molar-refractivity contribution in [3.8, 4) is 0 Å². The number of nitrogens with one attached hydrogen (secondary N) is 1. The number of fused-ring (bicyclic) bond motifs is 1. The zero-order chi connectivity index (χ0) is 21.3. The van der Waals surface area contributed by atoms with Crippen molar-refractivity contribution in [1.29, 1.82) is 0 Å². The number of rotatable bonds is 6. The van der Waals surface area contributed by atoms with Gasteiger partial charge in [-0.2, -0.15) is 13.2 Å². The minimum atomic E-state index is -5.44. The normalized spacial score (nSPS) is 19.7. The number of amides is 1. The summed E-state index contributed by atoms with van der Waals surface area (Å²) in [6.45, 7) is 1.43. The quantitative estimate of drug-likeness (QED) is 0.722. The van der Waals surface area contributed by atoms with Crippen molar-refractivity contribution in [3.63, 3.8) is 0 Å². The first kappa shape index (κ1) is 21.1. The van der Waals surface area contributed by atoms with Gasteiger partial charge in [0.1, 0.15) is 0 Å². The van der Waals surface area contributed by atoms with E-state index in [1.54, 1.807) is 30.0 Å². The number of hydrogen-bond donors (Lipinski definition) is 1. The van der Waals surface area contributed by atoms with Crippen molar-refractivity contribution in [1.82, 2.24) is 4.72 Å². The molecule has 0 radical (unpaired) electrons. The predicted octanol–water partition coefficient (Wildman–Crippen LogP) is 3.49. The molecule has 3 rings (SSSR count). The highest BCUT2D eigenvalue weighted by molar-refractivity contribution is 7.90. The fourth-order valence-corrected chi connectivity index (χ4v) is 3.75. The van der Waals surface area contributed by atoms with E-state index in [0.29, 0.717) is 17.8 Å². The molecule has 1 aliphatic heterocycles. The standard InChI is InChI=1S/C20H19F3N2O3S/c1-19(12-7-13-24-29(27,28)20(21,22)23)16-10-5-6-11-17(16)25(18(19)26)14-15-8-3-2-4-9-15/h2-12,24H,13-14H2,1H3/b12-7+. The topological polar surface area (TPSA) is 66.5 Å². The van der Waals surface area contributed by atoms with E-state index in [-0.39, 0.29) is 5.91 Å². The van der Waals surface area contributed by atoms with Gasteiger partial charge in [-0.15, -0.1) is 0 Å². The number of para-hydroxylation sites is 1. The van der Waals surface area contributed by atoms with Crippen molar-refractivity contribution in [3.05, 3.63) is 77.9 Å². The van der Waals surface area contributed by atoms with Crippen LogP contribution in [0, 0.1) is 0 Å². The molecule has 0 saturated heterocycles. The van der Waals surface area contributed by atoms with Crippen LogP contribution in [0.3, 0.4) is 0 Å².